The van der Waals surface area contributed by atoms with Crippen molar-refractivity contribution in [2.24, 2.45) is 0 Å². The van der Waals surface area contributed by atoms with Crippen molar-refractivity contribution >= 4 is 44.2 Å². The largest absolute Gasteiger partial charge is 0.444 e. The van der Waals surface area contributed by atoms with E-state index in [1.165, 1.54) is 0 Å². The first kappa shape index (κ1) is 33.3. The summed E-state index contributed by atoms with van der Waals surface area (Å²) in [5.41, 5.74) is 2.93. The maximum Gasteiger partial charge on any atom is 0.410 e. The number of sulfone groups is 1. The zero-order valence-corrected chi connectivity index (χ0v) is 29.2. The second-order valence-electron chi connectivity index (χ2n) is 12.9. The number of piperidine rings is 1. The number of ether oxygens (including phenoxy) is 2. The molecule has 0 bridgehead atoms. The number of likely N-dealkylation sites (tertiary alicyclic amines) is 1. The van der Waals surface area contributed by atoms with Crippen molar-refractivity contribution in [1.82, 2.24) is 24.2 Å². The number of nitrogens with zero attached hydrogens (tertiary/aromatic N) is 5. The van der Waals surface area contributed by atoms with Crippen molar-refractivity contribution in [2.45, 2.75) is 69.1 Å². The van der Waals surface area contributed by atoms with Crippen molar-refractivity contribution in [3.8, 4) is 22.9 Å². The normalized spacial score (nSPS) is 15.4. The van der Waals surface area contributed by atoms with Gasteiger partial charge in [0, 0.05) is 36.9 Å². The molecule has 0 aliphatic carbocycles. The number of nitrogens with one attached hydrogen (secondary N) is 1. The molecule has 1 amide bonds. The van der Waals surface area contributed by atoms with Crippen LogP contribution in [0.3, 0.4) is 0 Å². The number of pyridine rings is 1. The number of aromatic nitrogens is 4. The van der Waals surface area contributed by atoms with Crippen LogP contribution in [-0.2, 0) is 20.3 Å². The van der Waals surface area contributed by atoms with Gasteiger partial charge in [-0.2, -0.15) is 4.37 Å². The number of hydrogen-bond acceptors (Lipinski definition) is 11. The summed E-state index contributed by atoms with van der Waals surface area (Å²) >= 11 is 0.995. The maximum atomic E-state index is 13.2. The molecule has 0 spiro atoms. The van der Waals surface area contributed by atoms with Crippen LogP contribution in [0.25, 0.3) is 22.0 Å². The molecule has 1 N–H and O–H groups in total. The molecule has 1 saturated heterocycles. The van der Waals surface area contributed by atoms with Gasteiger partial charge in [0.25, 0.3) is 0 Å². The molecule has 1 fully saturated rings. The first-order valence-electron chi connectivity index (χ1n) is 15.7. The van der Waals surface area contributed by atoms with E-state index in [0.29, 0.717) is 53.2 Å². The summed E-state index contributed by atoms with van der Waals surface area (Å²) in [5.74, 6) is 1.21. The van der Waals surface area contributed by atoms with Crippen LogP contribution in [0.15, 0.2) is 71.2 Å². The van der Waals surface area contributed by atoms with Crippen LogP contribution < -0.4 is 10.1 Å². The van der Waals surface area contributed by atoms with Gasteiger partial charge in [-0.15, -0.1) is 0 Å². The van der Waals surface area contributed by atoms with Gasteiger partial charge < -0.3 is 19.7 Å². The number of aryl methyl sites for hydroxylation is 2. The number of anilines is 1. The number of carbonyl (C=O) groups is 1. The van der Waals surface area contributed by atoms with Crippen LogP contribution in [0.2, 0.25) is 0 Å². The Labute approximate surface area is 284 Å². The van der Waals surface area contributed by atoms with Crippen molar-refractivity contribution < 1.29 is 22.7 Å². The predicted octanol–water partition coefficient (Wildman–Crippen LogP) is 7.34. The summed E-state index contributed by atoms with van der Waals surface area (Å²) in [5, 5.41) is 4.95. The second-order valence-corrected chi connectivity index (χ2v) is 15.9. The monoisotopic (exact) mass is 686 g/mol. The van der Waals surface area contributed by atoms with Crippen LogP contribution in [-0.4, -0.2) is 63.5 Å². The standard InChI is InChI=1S/C35H38N6O5S2/c1-22-13-14-26-24(21-48(43,44)30-19-23(2)40-47-30)9-6-11-27(26)31(22)45-32-28(12-7-16-36-32)29-15-17-37-33(39-29)38-25-10-8-18-41(20-25)34(42)46-35(3,4)5/h6-7,9,11-17,19,25H,8,10,18,20-21H2,1-5H3,(H,37,38,39)/t25-/m0/s1. The van der Waals surface area contributed by atoms with Gasteiger partial charge in [0.1, 0.15) is 15.6 Å². The third kappa shape index (κ3) is 7.57. The molecular formula is C35H38N6O5S2. The molecule has 1 aliphatic rings. The number of hydrogen-bond donors (Lipinski definition) is 1. The average Bonchev–Trinajstić information content (AvgIpc) is 3.49. The molecule has 1 aliphatic heterocycles. The highest BCUT2D eigenvalue weighted by atomic mass is 32.2. The first-order chi connectivity index (χ1) is 22.9. The summed E-state index contributed by atoms with van der Waals surface area (Å²) in [6, 6.07) is 16.5. The van der Waals surface area contributed by atoms with Crippen LogP contribution in [0.1, 0.15) is 50.4 Å². The molecule has 0 radical (unpaired) electrons. The van der Waals surface area contributed by atoms with E-state index < -0.39 is 15.4 Å². The summed E-state index contributed by atoms with van der Waals surface area (Å²) in [6.45, 7) is 10.4. The Morgan fingerprint density at radius 2 is 1.88 bits per heavy atom. The third-order valence-corrected chi connectivity index (χ3v) is 10.9. The van der Waals surface area contributed by atoms with Gasteiger partial charge in [-0.1, -0.05) is 30.3 Å². The highest BCUT2D eigenvalue weighted by Gasteiger charge is 2.28. The fourth-order valence-corrected chi connectivity index (χ4v) is 8.05. The first-order valence-corrected chi connectivity index (χ1v) is 18.2. The zero-order chi connectivity index (χ0) is 34.1. The lowest BCUT2D eigenvalue weighted by atomic mass is 10.0. The fourth-order valence-electron chi connectivity index (χ4n) is 5.64. The molecule has 0 saturated carbocycles. The van der Waals surface area contributed by atoms with E-state index in [-0.39, 0.29) is 22.1 Å². The van der Waals surface area contributed by atoms with Gasteiger partial charge in [0.05, 0.1) is 22.7 Å². The number of carbonyl (C=O) groups excluding carboxylic acids is 1. The van der Waals surface area contributed by atoms with Crippen LogP contribution in [0, 0.1) is 13.8 Å². The average molecular weight is 687 g/mol. The van der Waals surface area contributed by atoms with Gasteiger partial charge in [-0.05, 0) is 99.8 Å². The molecule has 6 rings (SSSR count). The van der Waals surface area contributed by atoms with E-state index in [4.69, 9.17) is 14.5 Å². The summed E-state index contributed by atoms with van der Waals surface area (Å²) in [4.78, 5) is 28.2. The molecule has 11 nitrogen and oxygen atoms in total. The van der Waals surface area contributed by atoms with Crippen LogP contribution in [0.5, 0.6) is 11.6 Å². The number of amides is 1. The lowest BCUT2D eigenvalue weighted by molar-refractivity contribution is 0.0206. The van der Waals surface area contributed by atoms with Gasteiger partial charge in [0.2, 0.25) is 11.8 Å². The van der Waals surface area contributed by atoms with E-state index in [1.54, 1.807) is 36.4 Å². The van der Waals surface area contributed by atoms with Gasteiger partial charge in [-0.25, -0.2) is 28.2 Å². The minimum atomic E-state index is -3.58. The summed E-state index contributed by atoms with van der Waals surface area (Å²) < 4.78 is 43.0. The Hall–Kier alpha value is -4.62. The molecule has 48 heavy (non-hydrogen) atoms. The number of benzene rings is 2. The third-order valence-electron chi connectivity index (χ3n) is 7.87. The molecule has 4 heterocycles. The Morgan fingerprint density at radius 3 is 2.65 bits per heavy atom. The highest BCUT2D eigenvalue weighted by molar-refractivity contribution is 7.92. The molecule has 250 valence electrons. The van der Waals surface area contributed by atoms with Crippen molar-refractivity contribution in [3.05, 3.63) is 83.8 Å². The Morgan fingerprint density at radius 1 is 1.04 bits per heavy atom. The van der Waals surface area contributed by atoms with Crippen LogP contribution >= 0.6 is 11.5 Å². The van der Waals surface area contributed by atoms with Crippen molar-refractivity contribution in [2.75, 3.05) is 18.4 Å². The fraction of sp³-hybridized carbons (Fsp3) is 0.343. The molecule has 5 aromatic rings. The van der Waals surface area contributed by atoms with E-state index >= 15 is 0 Å². The van der Waals surface area contributed by atoms with E-state index in [0.717, 1.165) is 40.7 Å². The topological polar surface area (TPSA) is 136 Å². The minimum absolute atomic E-state index is 0.0393. The van der Waals surface area contributed by atoms with Crippen molar-refractivity contribution in [1.29, 1.82) is 0 Å². The smallest absolute Gasteiger partial charge is 0.410 e. The maximum absolute atomic E-state index is 13.2. The van der Waals surface area contributed by atoms with Crippen molar-refractivity contribution in [3.63, 3.8) is 0 Å². The van der Waals surface area contributed by atoms with E-state index in [2.05, 4.69) is 19.7 Å². The molecule has 0 unspecified atom stereocenters. The lowest BCUT2D eigenvalue weighted by Crippen LogP contribution is -2.47. The zero-order valence-electron chi connectivity index (χ0n) is 27.6. The molecule has 13 heteroatoms. The molecule has 2 aromatic carbocycles. The van der Waals surface area contributed by atoms with E-state index in [9.17, 15) is 13.2 Å². The molecular weight excluding hydrogens is 649 g/mol. The Kier molecular flexibility index (Phi) is 9.35. The van der Waals surface area contributed by atoms with Gasteiger partial charge in [0.15, 0.2) is 9.84 Å². The molecule has 3 aromatic heterocycles. The predicted molar refractivity (Wildman–Crippen MR) is 186 cm³/mol. The van der Waals surface area contributed by atoms with Gasteiger partial charge >= 0.3 is 6.09 Å². The quantitative estimate of drug-likeness (QED) is 0.177. The minimum Gasteiger partial charge on any atom is -0.444 e. The highest BCUT2D eigenvalue weighted by Crippen LogP contribution is 2.38. The SMILES string of the molecule is Cc1cc(S(=O)(=O)Cc2cccc3c(Oc4ncccc4-c4ccnc(N[C@H]5CCCN(C(=O)OC(C)(C)C)C5)n4)c(C)ccc23)sn1. The number of rotatable bonds is 8. The molecule has 1 atom stereocenters. The number of fused-ring (bicyclic) bond motifs is 1. The van der Waals surface area contributed by atoms with Gasteiger partial charge in [-0.3, -0.25) is 0 Å². The lowest BCUT2D eigenvalue weighted by Gasteiger charge is -2.34. The Bertz CT molecular complexity index is 2080. The summed E-state index contributed by atoms with van der Waals surface area (Å²) in [7, 11) is -3.58. The Balaban J connectivity index is 1.25. The van der Waals surface area contributed by atoms with E-state index in [1.807, 2.05) is 70.2 Å². The summed E-state index contributed by atoms with van der Waals surface area (Å²) in [6.07, 6.45) is 4.70. The van der Waals surface area contributed by atoms with Crippen LogP contribution in [0.4, 0.5) is 10.7 Å². The second kappa shape index (κ2) is 13.5.